The molecule has 1 atom stereocenters. The summed E-state index contributed by atoms with van der Waals surface area (Å²) in [6.07, 6.45) is 0. The molecule has 0 amide bonds. The molecular formula is C14H21NO4S. The zero-order valence-corrected chi connectivity index (χ0v) is 13.2. The second-order valence-electron chi connectivity index (χ2n) is 5.12. The molecule has 1 N–H and O–H groups in total. The molecule has 0 saturated carbocycles. The first kappa shape index (κ1) is 16.7. The van der Waals surface area contributed by atoms with E-state index in [2.05, 4.69) is 9.46 Å². The van der Waals surface area contributed by atoms with Crippen molar-refractivity contribution in [1.82, 2.24) is 4.72 Å². The highest BCUT2D eigenvalue weighted by Crippen LogP contribution is 2.17. The molecule has 0 heterocycles. The van der Waals surface area contributed by atoms with E-state index in [9.17, 15) is 13.2 Å². The van der Waals surface area contributed by atoms with Crippen LogP contribution in [-0.4, -0.2) is 27.5 Å². The minimum atomic E-state index is -3.64. The van der Waals surface area contributed by atoms with Gasteiger partial charge in [-0.15, -0.1) is 0 Å². The SMILES string of the molecule is COC(=O)c1cc(S(=O)(=O)N[C@H](C)C(C)C)ccc1C. The van der Waals surface area contributed by atoms with E-state index in [-0.39, 0.29) is 22.4 Å². The number of benzene rings is 1. The van der Waals surface area contributed by atoms with Crippen LogP contribution in [0.15, 0.2) is 23.1 Å². The molecule has 1 rings (SSSR count). The Bertz CT molecular complexity index is 593. The van der Waals surface area contributed by atoms with Gasteiger partial charge in [-0.05, 0) is 37.5 Å². The van der Waals surface area contributed by atoms with Crippen LogP contribution >= 0.6 is 0 Å². The van der Waals surface area contributed by atoms with Gasteiger partial charge < -0.3 is 4.74 Å². The molecule has 112 valence electrons. The fourth-order valence-corrected chi connectivity index (χ4v) is 2.96. The molecular weight excluding hydrogens is 278 g/mol. The summed E-state index contributed by atoms with van der Waals surface area (Å²) in [6.45, 7) is 7.40. The van der Waals surface area contributed by atoms with Gasteiger partial charge in [-0.1, -0.05) is 19.9 Å². The second-order valence-corrected chi connectivity index (χ2v) is 6.84. The number of hydrogen-bond acceptors (Lipinski definition) is 4. The normalized spacial score (nSPS) is 13.3. The Hall–Kier alpha value is -1.40. The van der Waals surface area contributed by atoms with Crippen molar-refractivity contribution < 1.29 is 17.9 Å². The Morgan fingerprint density at radius 1 is 1.25 bits per heavy atom. The van der Waals surface area contributed by atoms with Crippen LogP contribution in [0.25, 0.3) is 0 Å². The molecule has 0 aromatic heterocycles. The van der Waals surface area contributed by atoms with E-state index < -0.39 is 16.0 Å². The lowest BCUT2D eigenvalue weighted by Gasteiger charge is -2.18. The molecule has 0 spiro atoms. The molecule has 0 bridgehead atoms. The summed E-state index contributed by atoms with van der Waals surface area (Å²) in [5, 5.41) is 0. The predicted octanol–water partition coefficient (Wildman–Crippen LogP) is 2.10. The number of carbonyl (C=O) groups is 1. The smallest absolute Gasteiger partial charge is 0.338 e. The van der Waals surface area contributed by atoms with Gasteiger partial charge >= 0.3 is 5.97 Å². The van der Waals surface area contributed by atoms with Crippen LogP contribution in [0.3, 0.4) is 0 Å². The number of nitrogens with one attached hydrogen (secondary N) is 1. The summed E-state index contributed by atoms with van der Waals surface area (Å²) in [6, 6.07) is 4.23. The van der Waals surface area contributed by atoms with E-state index in [0.29, 0.717) is 5.56 Å². The number of rotatable bonds is 5. The molecule has 1 aromatic rings. The number of methoxy groups -OCH3 is 1. The van der Waals surface area contributed by atoms with Crippen molar-refractivity contribution in [1.29, 1.82) is 0 Å². The van der Waals surface area contributed by atoms with Gasteiger partial charge in [-0.2, -0.15) is 0 Å². The molecule has 0 aliphatic carbocycles. The minimum absolute atomic E-state index is 0.0657. The van der Waals surface area contributed by atoms with Crippen molar-refractivity contribution in [2.75, 3.05) is 7.11 Å². The minimum Gasteiger partial charge on any atom is -0.465 e. The highest BCUT2D eigenvalue weighted by molar-refractivity contribution is 7.89. The summed E-state index contributed by atoms with van der Waals surface area (Å²) in [4.78, 5) is 11.7. The van der Waals surface area contributed by atoms with E-state index in [0.717, 1.165) is 0 Å². The molecule has 0 aliphatic rings. The third kappa shape index (κ3) is 3.80. The van der Waals surface area contributed by atoms with Crippen molar-refractivity contribution >= 4 is 16.0 Å². The van der Waals surface area contributed by atoms with Gasteiger partial charge in [0.1, 0.15) is 0 Å². The van der Waals surface area contributed by atoms with Crippen molar-refractivity contribution in [2.24, 2.45) is 5.92 Å². The molecule has 0 saturated heterocycles. The average Bonchev–Trinajstić information content (AvgIpc) is 2.37. The van der Waals surface area contributed by atoms with Crippen LogP contribution in [0.5, 0.6) is 0 Å². The fourth-order valence-electron chi connectivity index (χ4n) is 1.55. The first-order valence-corrected chi connectivity index (χ1v) is 7.88. The number of sulfonamides is 1. The van der Waals surface area contributed by atoms with Crippen LogP contribution in [-0.2, 0) is 14.8 Å². The molecule has 1 aromatic carbocycles. The Labute approximate surface area is 120 Å². The van der Waals surface area contributed by atoms with Gasteiger partial charge in [-0.3, -0.25) is 0 Å². The van der Waals surface area contributed by atoms with Gasteiger partial charge in [0.25, 0.3) is 0 Å². The van der Waals surface area contributed by atoms with E-state index in [1.54, 1.807) is 19.9 Å². The van der Waals surface area contributed by atoms with E-state index >= 15 is 0 Å². The van der Waals surface area contributed by atoms with Gasteiger partial charge in [0.2, 0.25) is 10.0 Å². The molecule has 20 heavy (non-hydrogen) atoms. The first-order chi connectivity index (χ1) is 9.19. The Morgan fingerprint density at radius 3 is 2.35 bits per heavy atom. The van der Waals surface area contributed by atoms with Crippen molar-refractivity contribution in [3.63, 3.8) is 0 Å². The number of aryl methyl sites for hydroxylation is 1. The lowest BCUT2D eigenvalue weighted by molar-refractivity contribution is 0.0599. The highest BCUT2D eigenvalue weighted by atomic mass is 32.2. The molecule has 5 nitrogen and oxygen atoms in total. The summed E-state index contributed by atoms with van der Waals surface area (Å²) < 4.78 is 31.8. The Kier molecular flexibility index (Phi) is 5.30. The van der Waals surface area contributed by atoms with Crippen molar-refractivity contribution in [2.45, 2.75) is 38.6 Å². The molecule has 6 heteroatoms. The van der Waals surface area contributed by atoms with Gasteiger partial charge in [0.15, 0.2) is 0 Å². The lowest BCUT2D eigenvalue weighted by Crippen LogP contribution is -2.36. The van der Waals surface area contributed by atoms with Crippen molar-refractivity contribution in [3.8, 4) is 0 Å². The van der Waals surface area contributed by atoms with Crippen LogP contribution in [0.4, 0.5) is 0 Å². The maximum Gasteiger partial charge on any atom is 0.338 e. The molecule has 0 aliphatic heterocycles. The van der Waals surface area contributed by atoms with Crippen LogP contribution in [0.2, 0.25) is 0 Å². The van der Waals surface area contributed by atoms with Gasteiger partial charge in [0.05, 0.1) is 17.6 Å². The zero-order valence-electron chi connectivity index (χ0n) is 12.4. The maximum atomic E-state index is 12.3. The maximum absolute atomic E-state index is 12.3. The standard InChI is InChI=1S/C14H21NO4S/c1-9(2)11(4)15-20(17,18)12-7-6-10(3)13(8-12)14(16)19-5/h6-9,11,15H,1-5H3/t11-/m1/s1. The zero-order chi connectivity index (χ0) is 15.5. The first-order valence-electron chi connectivity index (χ1n) is 6.40. The van der Waals surface area contributed by atoms with Crippen molar-refractivity contribution in [3.05, 3.63) is 29.3 Å². The van der Waals surface area contributed by atoms with Gasteiger partial charge in [0, 0.05) is 6.04 Å². The van der Waals surface area contributed by atoms with E-state index in [4.69, 9.17) is 0 Å². The molecule has 0 radical (unpaired) electrons. The largest absolute Gasteiger partial charge is 0.465 e. The van der Waals surface area contributed by atoms with E-state index in [1.165, 1.54) is 19.2 Å². The second kappa shape index (κ2) is 6.37. The number of ether oxygens (including phenoxy) is 1. The molecule has 0 unspecified atom stereocenters. The topological polar surface area (TPSA) is 72.5 Å². The number of carbonyl (C=O) groups excluding carboxylic acids is 1. The average molecular weight is 299 g/mol. The number of esters is 1. The van der Waals surface area contributed by atoms with E-state index in [1.807, 2.05) is 13.8 Å². The predicted molar refractivity (Wildman–Crippen MR) is 77.1 cm³/mol. The Morgan fingerprint density at radius 2 is 1.85 bits per heavy atom. The third-order valence-electron chi connectivity index (χ3n) is 3.27. The van der Waals surface area contributed by atoms with Crippen LogP contribution in [0.1, 0.15) is 36.7 Å². The quantitative estimate of drug-likeness (QED) is 0.845. The summed E-state index contributed by atoms with van der Waals surface area (Å²) in [5.74, 6) is -0.369. The number of hydrogen-bond donors (Lipinski definition) is 1. The summed E-state index contributed by atoms with van der Waals surface area (Å²) in [7, 11) is -2.38. The summed E-state index contributed by atoms with van der Waals surface area (Å²) in [5.41, 5.74) is 0.931. The van der Waals surface area contributed by atoms with Crippen LogP contribution in [0, 0.1) is 12.8 Å². The summed E-state index contributed by atoms with van der Waals surface area (Å²) >= 11 is 0. The highest BCUT2D eigenvalue weighted by Gasteiger charge is 2.21. The molecule has 0 fully saturated rings. The monoisotopic (exact) mass is 299 g/mol. The van der Waals surface area contributed by atoms with Crippen LogP contribution < -0.4 is 4.72 Å². The van der Waals surface area contributed by atoms with Gasteiger partial charge in [-0.25, -0.2) is 17.9 Å². The third-order valence-corrected chi connectivity index (χ3v) is 4.82. The Balaban J connectivity index is 3.17. The lowest BCUT2D eigenvalue weighted by atomic mass is 10.1. The fraction of sp³-hybridized carbons (Fsp3) is 0.500.